The monoisotopic (exact) mass is 223 g/mol. The van der Waals surface area contributed by atoms with E-state index in [0.717, 1.165) is 13.0 Å². The maximum Gasteiger partial charge on any atom is 0.110 e. The molecule has 2 atom stereocenters. The molecular formula is C13H25N3. The second-order valence-corrected chi connectivity index (χ2v) is 4.49. The van der Waals surface area contributed by atoms with E-state index in [0.29, 0.717) is 12.0 Å². The fourth-order valence-corrected chi connectivity index (χ4v) is 2.26. The Morgan fingerprint density at radius 2 is 2.19 bits per heavy atom. The first-order valence-corrected chi connectivity index (χ1v) is 6.40. The summed E-state index contributed by atoms with van der Waals surface area (Å²) in [6, 6.07) is 0.535. The van der Waals surface area contributed by atoms with E-state index in [-0.39, 0.29) is 0 Å². The summed E-state index contributed by atoms with van der Waals surface area (Å²) < 4.78 is 2.23. The van der Waals surface area contributed by atoms with Gasteiger partial charge in [0.05, 0.1) is 0 Å². The summed E-state index contributed by atoms with van der Waals surface area (Å²) in [5, 5.41) is 3.42. The van der Waals surface area contributed by atoms with Crippen LogP contribution in [0, 0.1) is 5.92 Å². The molecule has 0 fully saturated rings. The van der Waals surface area contributed by atoms with E-state index < -0.39 is 0 Å². The van der Waals surface area contributed by atoms with Crippen LogP contribution in [0.5, 0.6) is 0 Å². The minimum atomic E-state index is 0.535. The highest BCUT2D eigenvalue weighted by atomic mass is 15.1. The smallest absolute Gasteiger partial charge is 0.110 e. The molecule has 0 aliphatic carbocycles. The SMILES string of the molecule is CCCC(C)C(Cc1nccn1CC)NC. The Kier molecular flexibility index (Phi) is 5.53. The number of hydrogen-bond donors (Lipinski definition) is 1. The van der Waals surface area contributed by atoms with Crippen LogP contribution in [-0.2, 0) is 13.0 Å². The van der Waals surface area contributed by atoms with Gasteiger partial charge in [0, 0.05) is 31.4 Å². The van der Waals surface area contributed by atoms with Crippen molar-refractivity contribution < 1.29 is 0 Å². The molecule has 0 bridgehead atoms. The van der Waals surface area contributed by atoms with Gasteiger partial charge in [-0.2, -0.15) is 0 Å². The summed E-state index contributed by atoms with van der Waals surface area (Å²) >= 11 is 0. The Morgan fingerprint density at radius 1 is 1.44 bits per heavy atom. The number of imidazole rings is 1. The molecule has 1 aromatic rings. The highest BCUT2D eigenvalue weighted by Gasteiger charge is 2.17. The van der Waals surface area contributed by atoms with Crippen LogP contribution in [0.25, 0.3) is 0 Å². The van der Waals surface area contributed by atoms with Crippen LogP contribution in [-0.4, -0.2) is 22.6 Å². The van der Waals surface area contributed by atoms with Crippen molar-refractivity contribution in [2.24, 2.45) is 5.92 Å². The van der Waals surface area contributed by atoms with Gasteiger partial charge in [0.25, 0.3) is 0 Å². The summed E-state index contributed by atoms with van der Waals surface area (Å²) in [7, 11) is 2.05. The highest BCUT2D eigenvalue weighted by Crippen LogP contribution is 2.14. The van der Waals surface area contributed by atoms with Gasteiger partial charge in [-0.25, -0.2) is 4.98 Å². The number of aryl methyl sites for hydroxylation is 1. The normalized spacial score (nSPS) is 15.0. The molecule has 3 nitrogen and oxygen atoms in total. The van der Waals surface area contributed by atoms with Gasteiger partial charge in [-0.05, 0) is 26.3 Å². The van der Waals surface area contributed by atoms with Gasteiger partial charge in [0.15, 0.2) is 0 Å². The first-order chi connectivity index (χ1) is 7.72. The van der Waals surface area contributed by atoms with E-state index in [1.54, 1.807) is 0 Å². The lowest BCUT2D eigenvalue weighted by atomic mass is 9.94. The van der Waals surface area contributed by atoms with Crippen LogP contribution < -0.4 is 5.32 Å². The zero-order valence-electron chi connectivity index (χ0n) is 11.0. The molecule has 3 heteroatoms. The van der Waals surface area contributed by atoms with E-state index >= 15 is 0 Å². The molecule has 2 unspecified atom stereocenters. The standard InChI is InChI=1S/C13H25N3/c1-5-7-11(3)12(14-4)10-13-15-8-9-16(13)6-2/h8-9,11-12,14H,5-7,10H2,1-4H3. The molecular weight excluding hydrogens is 198 g/mol. The molecule has 0 amide bonds. The fraction of sp³-hybridized carbons (Fsp3) is 0.769. The lowest BCUT2D eigenvalue weighted by molar-refractivity contribution is 0.363. The molecule has 1 heterocycles. The third-order valence-corrected chi connectivity index (χ3v) is 3.35. The van der Waals surface area contributed by atoms with Gasteiger partial charge in [0.2, 0.25) is 0 Å². The van der Waals surface area contributed by atoms with Crippen LogP contribution in [0.3, 0.4) is 0 Å². The second-order valence-electron chi connectivity index (χ2n) is 4.49. The highest BCUT2D eigenvalue weighted by molar-refractivity contribution is 4.96. The Morgan fingerprint density at radius 3 is 2.75 bits per heavy atom. The quantitative estimate of drug-likeness (QED) is 0.769. The van der Waals surface area contributed by atoms with E-state index in [2.05, 4.69) is 48.9 Å². The van der Waals surface area contributed by atoms with Gasteiger partial charge in [0.1, 0.15) is 5.82 Å². The summed E-state index contributed by atoms with van der Waals surface area (Å²) in [5.74, 6) is 1.90. The van der Waals surface area contributed by atoms with Crippen molar-refractivity contribution in [3.8, 4) is 0 Å². The number of nitrogens with one attached hydrogen (secondary N) is 1. The van der Waals surface area contributed by atoms with Crippen LogP contribution >= 0.6 is 0 Å². The van der Waals surface area contributed by atoms with Crippen molar-refractivity contribution in [3.05, 3.63) is 18.2 Å². The topological polar surface area (TPSA) is 29.9 Å². The van der Waals surface area contributed by atoms with Gasteiger partial charge < -0.3 is 9.88 Å². The third kappa shape index (κ3) is 3.34. The first kappa shape index (κ1) is 13.2. The van der Waals surface area contributed by atoms with E-state index in [1.165, 1.54) is 18.7 Å². The largest absolute Gasteiger partial charge is 0.335 e. The Balaban J connectivity index is 2.62. The maximum atomic E-state index is 4.44. The summed E-state index contributed by atoms with van der Waals surface area (Å²) in [6.07, 6.45) is 7.51. The van der Waals surface area contributed by atoms with Crippen molar-refractivity contribution in [2.75, 3.05) is 7.05 Å². The second kappa shape index (κ2) is 6.69. The van der Waals surface area contributed by atoms with Gasteiger partial charge in [-0.3, -0.25) is 0 Å². The summed E-state index contributed by atoms with van der Waals surface area (Å²) in [4.78, 5) is 4.44. The number of nitrogens with zero attached hydrogens (tertiary/aromatic N) is 2. The minimum absolute atomic E-state index is 0.535. The van der Waals surface area contributed by atoms with Crippen molar-refractivity contribution in [1.29, 1.82) is 0 Å². The first-order valence-electron chi connectivity index (χ1n) is 6.40. The van der Waals surface area contributed by atoms with E-state index in [4.69, 9.17) is 0 Å². The molecule has 0 spiro atoms. The Labute approximate surface area is 99.3 Å². The lowest BCUT2D eigenvalue weighted by Crippen LogP contribution is -2.35. The molecule has 16 heavy (non-hydrogen) atoms. The van der Waals surface area contributed by atoms with Crippen LogP contribution in [0.2, 0.25) is 0 Å². The molecule has 0 saturated carbocycles. The fourth-order valence-electron chi connectivity index (χ4n) is 2.26. The number of likely N-dealkylation sites (N-methyl/N-ethyl adjacent to an activating group) is 1. The van der Waals surface area contributed by atoms with Crippen LogP contribution in [0.4, 0.5) is 0 Å². The average molecular weight is 223 g/mol. The third-order valence-electron chi connectivity index (χ3n) is 3.35. The lowest BCUT2D eigenvalue weighted by Gasteiger charge is -2.23. The number of hydrogen-bond acceptors (Lipinski definition) is 2. The zero-order chi connectivity index (χ0) is 12.0. The molecule has 0 aliphatic heterocycles. The van der Waals surface area contributed by atoms with Crippen molar-refractivity contribution >= 4 is 0 Å². The molecule has 1 N–H and O–H groups in total. The molecule has 0 aromatic carbocycles. The van der Waals surface area contributed by atoms with Crippen LogP contribution in [0.1, 0.15) is 39.4 Å². The van der Waals surface area contributed by atoms with Crippen molar-refractivity contribution in [2.45, 2.75) is 52.6 Å². The van der Waals surface area contributed by atoms with Gasteiger partial charge in [-0.15, -0.1) is 0 Å². The van der Waals surface area contributed by atoms with Gasteiger partial charge in [-0.1, -0.05) is 20.3 Å². The minimum Gasteiger partial charge on any atom is -0.335 e. The molecule has 0 radical (unpaired) electrons. The number of aromatic nitrogens is 2. The number of rotatable bonds is 7. The van der Waals surface area contributed by atoms with Gasteiger partial charge >= 0.3 is 0 Å². The van der Waals surface area contributed by atoms with E-state index in [9.17, 15) is 0 Å². The molecule has 0 aliphatic rings. The summed E-state index contributed by atoms with van der Waals surface area (Å²) in [5.41, 5.74) is 0. The Hall–Kier alpha value is -0.830. The predicted octanol–water partition coefficient (Wildman–Crippen LogP) is 2.47. The molecule has 1 rings (SSSR count). The molecule has 92 valence electrons. The molecule has 1 aromatic heterocycles. The predicted molar refractivity (Wildman–Crippen MR) is 68.5 cm³/mol. The van der Waals surface area contributed by atoms with Crippen LogP contribution in [0.15, 0.2) is 12.4 Å². The average Bonchev–Trinajstić information content (AvgIpc) is 2.73. The van der Waals surface area contributed by atoms with Crippen molar-refractivity contribution in [1.82, 2.24) is 14.9 Å². The Bertz CT molecular complexity index is 293. The zero-order valence-corrected chi connectivity index (χ0v) is 11.0. The van der Waals surface area contributed by atoms with E-state index in [1.807, 2.05) is 6.20 Å². The summed E-state index contributed by atoms with van der Waals surface area (Å²) in [6.45, 7) is 7.74. The molecule has 0 saturated heterocycles. The van der Waals surface area contributed by atoms with Crippen molar-refractivity contribution in [3.63, 3.8) is 0 Å². The maximum absolute atomic E-state index is 4.44.